The Bertz CT molecular complexity index is 1530. The molecule has 6 heteroatoms. The second-order valence-corrected chi connectivity index (χ2v) is 8.67. The van der Waals surface area contributed by atoms with Crippen molar-refractivity contribution in [2.45, 2.75) is 20.5 Å². The zero-order valence-electron chi connectivity index (χ0n) is 20.2. The Morgan fingerprint density at radius 3 is 2.44 bits per heavy atom. The van der Waals surface area contributed by atoms with E-state index in [9.17, 15) is 4.79 Å². The molecule has 0 aliphatic heterocycles. The number of carbonyl (C=O) groups excluding carboxylic acids is 1. The first-order valence-electron chi connectivity index (χ1n) is 11.7. The van der Waals surface area contributed by atoms with E-state index in [0.29, 0.717) is 18.0 Å². The molecule has 4 aromatic carbocycles. The van der Waals surface area contributed by atoms with Gasteiger partial charge in [-0.2, -0.15) is 10.2 Å². The fourth-order valence-electron chi connectivity index (χ4n) is 3.83. The summed E-state index contributed by atoms with van der Waals surface area (Å²) in [5.41, 5.74) is 8.50. The van der Waals surface area contributed by atoms with Gasteiger partial charge < -0.3 is 4.74 Å². The van der Waals surface area contributed by atoms with E-state index in [1.54, 1.807) is 6.07 Å². The van der Waals surface area contributed by atoms with Gasteiger partial charge >= 0.3 is 0 Å². The van der Waals surface area contributed by atoms with Crippen molar-refractivity contribution in [3.05, 3.63) is 119 Å². The smallest absolute Gasteiger partial charge is 0.289 e. The maximum Gasteiger partial charge on any atom is 0.289 e. The van der Waals surface area contributed by atoms with Crippen LogP contribution >= 0.6 is 0 Å². The van der Waals surface area contributed by atoms with Crippen molar-refractivity contribution in [2.75, 3.05) is 0 Å². The summed E-state index contributed by atoms with van der Waals surface area (Å²) in [5.74, 6) is 0.415. The largest absolute Gasteiger partial charge is 0.489 e. The Kier molecular flexibility index (Phi) is 6.58. The van der Waals surface area contributed by atoms with Crippen LogP contribution in [0, 0.1) is 6.92 Å². The summed E-state index contributed by atoms with van der Waals surface area (Å²) >= 11 is 0. The van der Waals surface area contributed by atoms with Crippen LogP contribution in [-0.4, -0.2) is 21.8 Å². The molecule has 178 valence electrons. The summed E-state index contributed by atoms with van der Waals surface area (Å²) in [7, 11) is 0. The summed E-state index contributed by atoms with van der Waals surface area (Å²) in [6.07, 6.45) is 0. The number of hydrogen-bond acceptors (Lipinski definition) is 4. The molecule has 0 saturated heterocycles. The highest BCUT2D eigenvalue weighted by Gasteiger charge is 2.11. The third kappa shape index (κ3) is 5.33. The van der Waals surface area contributed by atoms with Crippen molar-refractivity contribution in [3.8, 4) is 17.0 Å². The van der Waals surface area contributed by atoms with E-state index >= 15 is 0 Å². The number of aromatic nitrogens is 2. The maximum atomic E-state index is 12.6. The number of nitrogens with one attached hydrogen (secondary N) is 2. The van der Waals surface area contributed by atoms with Crippen LogP contribution in [0.2, 0.25) is 0 Å². The molecule has 0 aliphatic carbocycles. The van der Waals surface area contributed by atoms with E-state index in [0.717, 1.165) is 38.9 Å². The molecule has 0 aliphatic rings. The van der Waals surface area contributed by atoms with Crippen molar-refractivity contribution < 1.29 is 9.53 Å². The third-order valence-electron chi connectivity index (χ3n) is 5.99. The Morgan fingerprint density at radius 1 is 0.917 bits per heavy atom. The number of H-pyrrole nitrogens is 1. The number of carbonyl (C=O) groups is 1. The molecule has 0 bridgehead atoms. The molecular formula is C30H26N4O2. The summed E-state index contributed by atoms with van der Waals surface area (Å²) < 4.78 is 5.87. The SMILES string of the molecule is C/C(=N\NC(=O)c1cc(-c2ccc(OCc3ccc(C)cc3)cc2)n[nH]1)c1ccc2ccccc2c1. The predicted octanol–water partition coefficient (Wildman–Crippen LogP) is 6.27. The number of amides is 1. The molecule has 1 heterocycles. The molecule has 5 aromatic rings. The second-order valence-electron chi connectivity index (χ2n) is 8.67. The Morgan fingerprint density at radius 2 is 1.67 bits per heavy atom. The van der Waals surface area contributed by atoms with Crippen molar-refractivity contribution in [1.29, 1.82) is 0 Å². The lowest BCUT2D eigenvalue weighted by molar-refractivity contribution is 0.0950. The molecule has 6 nitrogen and oxygen atoms in total. The third-order valence-corrected chi connectivity index (χ3v) is 5.99. The summed E-state index contributed by atoms with van der Waals surface area (Å²) in [4.78, 5) is 12.6. The first-order chi connectivity index (χ1) is 17.5. The van der Waals surface area contributed by atoms with E-state index in [-0.39, 0.29) is 5.91 Å². The predicted molar refractivity (Wildman–Crippen MR) is 143 cm³/mol. The van der Waals surface area contributed by atoms with E-state index in [2.05, 4.69) is 70.1 Å². The number of nitrogens with zero attached hydrogens (tertiary/aromatic N) is 2. The minimum absolute atomic E-state index is 0.333. The van der Waals surface area contributed by atoms with Gasteiger partial charge in [0.05, 0.1) is 11.4 Å². The van der Waals surface area contributed by atoms with Crippen LogP contribution in [-0.2, 0) is 6.61 Å². The van der Waals surface area contributed by atoms with Crippen molar-refractivity contribution in [2.24, 2.45) is 5.10 Å². The van der Waals surface area contributed by atoms with Gasteiger partial charge in [-0.3, -0.25) is 9.89 Å². The average molecular weight is 475 g/mol. The molecule has 0 spiro atoms. The number of ether oxygens (including phenoxy) is 1. The van der Waals surface area contributed by atoms with Crippen molar-refractivity contribution >= 4 is 22.4 Å². The molecule has 0 unspecified atom stereocenters. The number of aromatic amines is 1. The molecule has 2 N–H and O–H groups in total. The minimum Gasteiger partial charge on any atom is -0.489 e. The molecule has 5 rings (SSSR count). The zero-order valence-corrected chi connectivity index (χ0v) is 20.2. The van der Waals surface area contributed by atoms with Crippen molar-refractivity contribution in [1.82, 2.24) is 15.6 Å². The van der Waals surface area contributed by atoms with Crippen LogP contribution in [0.25, 0.3) is 22.0 Å². The molecule has 0 atom stereocenters. The van der Waals surface area contributed by atoms with Crippen LogP contribution in [0.5, 0.6) is 5.75 Å². The van der Waals surface area contributed by atoms with E-state index < -0.39 is 0 Å². The Hall–Kier alpha value is -4.71. The van der Waals surface area contributed by atoms with Gasteiger partial charge in [0.2, 0.25) is 0 Å². The first-order valence-corrected chi connectivity index (χ1v) is 11.7. The Balaban J connectivity index is 1.21. The van der Waals surface area contributed by atoms with Crippen LogP contribution in [0.3, 0.4) is 0 Å². The van der Waals surface area contributed by atoms with Crippen LogP contribution in [0.4, 0.5) is 0 Å². The standard InChI is InChI=1S/C30H26N4O2/c1-20-7-9-22(10-8-20)19-36-27-15-13-24(14-16-27)28-18-29(33-32-28)30(35)34-31-21(2)25-12-11-23-5-3-4-6-26(23)17-25/h3-18H,19H2,1-2H3,(H,32,33)(H,34,35)/b31-21+. The lowest BCUT2D eigenvalue weighted by Crippen LogP contribution is -2.19. The Labute approximate surface area is 209 Å². The normalized spacial score (nSPS) is 11.4. The van der Waals surface area contributed by atoms with Gasteiger partial charge in [0.15, 0.2) is 0 Å². The average Bonchev–Trinajstić information content (AvgIpc) is 3.42. The fourth-order valence-corrected chi connectivity index (χ4v) is 3.83. The van der Waals surface area contributed by atoms with Crippen molar-refractivity contribution in [3.63, 3.8) is 0 Å². The van der Waals surface area contributed by atoms with Gasteiger partial charge in [0, 0.05) is 5.56 Å². The number of benzene rings is 4. The van der Waals surface area contributed by atoms with E-state index in [1.165, 1.54) is 5.56 Å². The van der Waals surface area contributed by atoms with Gasteiger partial charge in [-0.1, -0.05) is 66.2 Å². The number of rotatable bonds is 7. The van der Waals surface area contributed by atoms with Crippen LogP contribution < -0.4 is 10.2 Å². The number of hydrogen-bond donors (Lipinski definition) is 2. The molecule has 1 aromatic heterocycles. The van der Waals surface area contributed by atoms with Crippen LogP contribution in [0.15, 0.2) is 102 Å². The topological polar surface area (TPSA) is 79.4 Å². The minimum atomic E-state index is -0.355. The van der Waals surface area contributed by atoms with E-state index in [1.807, 2.05) is 55.5 Å². The van der Waals surface area contributed by atoms with E-state index in [4.69, 9.17) is 4.74 Å². The van der Waals surface area contributed by atoms with Gasteiger partial charge in [-0.05, 0) is 72.1 Å². The number of fused-ring (bicyclic) bond motifs is 1. The molecule has 0 saturated carbocycles. The molecule has 0 radical (unpaired) electrons. The molecular weight excluding hydrogens is 448 g/mol. The lowest BCUT2D eigenvalue weighted by Gasteiger charge is -2.07. The fraction of sp³-hybridized carbons (Fsp3) is 0.100. The van der Waals surface area contributed by atoms with Gasteiger partial charge in [-0.25, -0.2) is 5.43 Å². The second kappa shape index (κ2) is 10.3. The first kappa shape index (κ1) is 23.1. The van der Waals surface area contributed by atoms with Crippen LogP contribution in [0.1, 0.15) is 34.1 Å². The lowest BCUT2D eigenvalue weighted by atomic mass is 10.0. The quantitative estimate of drug-likeness (QED) is 0.215. The maximum absolute atomic E-state index is 12.6. The highest BCUT2D eigenvalue weighted by atomic mass is 16.5. The highest BCUT2D eigenvalue weighted by Crippen LogP contribution is 2.22. The summed E-state index contributed by atoms with van der Waals surface area (Å²) in [6, 6.07) is 31.8. The highest BCUT2D eigenvalue weighted by molar-refractivity contribution is 6.03. The monoisotopic (exact) mass is 474 g/mol. The molecule has 0 fully saturated rings. The summed E-state index contributed by atoms with van der Waals surface area (Å²) in [5, 5.41) is 13.6. The summed E-state index contributed by atoms with van der Waals surface area (Å²) in [6.45, 7) is 4.44. The molecule has 1 amide bonds. The number of hydrazone groups is 1. The number of aryl methyl sites for hydroxylation is 1. The van der Waals surface area contributed by atoms with Gasteiger partial charge in [0.1, 0.15) is 18.1 Å². The van der Waals surface area contributed by atoms with Gasteiger partial charge in [0.25, 0.3) is 5.91 Å². The van der Waals surface area contributed by atoms with Gasteiger partial charge in [-0.15, -0.1) is 0 Å². The zero-order chi connectivity index (χ0) is 24.9. The molecule has 36 heavy (non-hydrogen) atoms.